The van der Waals surface area contributed by atoms with Crippen LogP contribution in [0, 0.1) is 0 Å². The molecule has 0 saturated carbocycles. The van der Waals surface area contributed by atoms with Crippen LogP contribution >= 0.6 is 0 Å². The Labute approximate surface area is 125 Å². The maximum absolute atomic E-state index is 12.5. The molecule has 0 bridgehead atoms. The zero-order valence-electron chi connectivity index (χ0n) is 12.8. The second-order valence-electron chi connectivity index (χ2n) is 5.96. The third-order valence-electron chi connectivity index (χ3n) is 4.34. The fourth-order valence-electron chi connectivity index (χ4n) is 2.45. The van der Waals surface area contributed by atoms with Crippen molar-refractivity contribution < 1.29 is 14.7 Å². The van der Waals surface area contributed by atoms with Gasteiger partial charge in [0.15, 0.2) is 0 Å². The van der Waals surface area contributed by atoms with Crippen LogP contribution < -0.4 is 0 Å². The van der Waals surface area contributed by atoms with Crippen LogP contribution in [0.15, 0.2) is 24.3 Å². The summed E-state index contributed by atoms with van der Waals surface area (Å²) < 4.78 is 0. The normalized spacial score (nSPS) is 15.1. The molecule has 0 spiro atoms. The summed E-state index contributed by atoms with van der Waals surface area (Å²) in [5.41, 5.74) is 1.33. The maximum atomic E-state index is 12.5. The predicted octanol–water partition coefficient (Wildman–Crippen LogP) is 2.00. The molecule has 5 nitrogen and oxygen atoms in total. The van der Waals surface area contributed by atoms with Gasteiger partial charge >= 0.3 is 12.0 Å². The van der Waals surface area contributed by atoms with Gasteiger partial charge in [0.05, 0.1) is 0 Å². The predicted molar refractivity (Wildman–Crippen MR) is 80.3 cm³/mol. The lowest BCUT2D eigenvalue weighted by atomic mass is 10.0. The van der Waals surface area contributed by atoms with Crippen molar-refractivity contribution in [3.05, 3.63) is 35.4 Å². The second kappa shape index (κ2) is 5.76. The molecule has 0 aliphatic carbocycles. The minimum absolute atomic E-state index is 0.227. The van der Waals surface area contributed by atoms with Crippen molar-refractivity contribution in [2.24, 2.45) is 0 Å². The number of hydrogen-bond acceptors (Lipinski definition) is 2. The molecule has 0 atom stereocenters. The molecule has 21 heavy (non-hydrogen) atoms. The molecule has 0 unspecified atom stereocenters. The highest BCUT2D eigenvalue weighted by molar-refractivity contribution is 5.85. The molecule has 1 aliphatic heterocycles. The van der Waals surface area contributed by atoms with Crippen LogP contribution in [0.3, 0.4) is 0 Å². The van der Waals surface area contributed by atoms with Gasteiger partial charge in [-0.15, -0.1) is 0 Å². The Morgan fingerprint density at radius 1 is 1.14 bits per heavy atom. The highest BCUT2D eigenvalue weighted by Crippen LogP contribution is 2.19. The Morgan fingerprint density at radius 2 is 1.62 bits per heavy atom. The van der Waals surface area contributed by atoms with E-state index in [1.807, 2.05) is 12.1 Å². The smallest absolute Gasteiger partial charge is 0.329 e. The van der Waals surface area contributed by atoms with E-state index in [0.717, 1.165) is 12.8 Å². The van der Waals surface area contributed by atoms with Gasteiger partial charge in [-0.05, 0) is 37.8 Å². The van der Waals surface area contributed by atoms with Gasteiger partial charge in [0, 0.05) is 20.1 Å². The van der Waals surface area contributed by atoms with Gasteiger partial charge in [0.2, 0.25) is 0 Å². The third kappa shape index (κ3) is 3.01. The Balaban J connectivity index is 2.10. The largest absolute Gasteiger partial charge is 0.480 e. The number of carbonyl (C=O) groups is 2. The zero-order chi connectivity index (χ0) is 15.6. The van der Waals surface area contributed by atoms with Crippen LogP contribution in [0.1, 0.15) is 25.0 Å². The van der Waals surface area contributed by atoms with Gasteiger partial charge in [-0.3, -0.25) is 0 Å². The SMILES string of the molecule is CN(C(=O)N1CCc2ccccc2CC1)C(C)(C)C(=O)O. The molecule has 0 radical (unpaired) electrons. The Hall–Kier alpha value is -2.04. The molecule has 2 amide bonds. The van der Waals surface area contributed by atoms with Crippen LogP contribution in [0.2, 0.25) is 0 Å². The van der Waals surface area contributed by atoms with E-state index in [1.165, 1.54) is 16.0 Å². The molecule has 1 aromatic rings. The van der Waals surface area contributed by atoms with Crippen LogP contribution in [0.25, 0.3) is 0 Å². The fourth-order valence-corrected chi connectivity index (χ4v) is 2.45. The highest BCUT2D eigenvalue weighted by atomic mass is 16.4. The molecular formula is C16H22N2O3. The zero-order valence-corrected chi connectivity index (χ0v) is 12.8. The number of carboxylic acid groups (broad SMARTS) is 1. The van der Waals surface area contributed by atoms with Gasteiger partial charge in [-0.2, -0.15) is 0 Å². The van der Waals surface area contributed by atoms with E-state index in [0.29, 0.717) is 13.1 Å². The van der Waals surface area contributed by atoms with Gasteiger partial charge < -0.3 is 14.9 Å². The van der Waals surface area contributed by atoms with Crippen molar-refractivity contribution in [3.63, 3.8) is 0 Å². The van der Waals surface area contributed by atoms with E-state index in [4.69, 9.17) is 0 Å². The molecular weight excluding hydrogens is 268 g/mol. The Bertz CT molecular complexity index is 527. The number of likely N-dealkylation sites (N-methyl/N-ethyl adjacent to an activating group) is 1. The number of rotatable bonds is 2. The van der Waals surface area contributed by atoms with Crippen LogP contribution in [0.5, 0.6) is 0 Å². The van der Waals surface area contributed by atoms with E-state index in [-0.39, 0.29) is 6.03 Å². The average Bonchev–Trinajstić information content (AvgIpc) is 2.68. The first-order chi connectivity index (χ1) is 9.84. The lowest BCUT2D eigenvalue weighted by Gasteiger charge is -2.35. The quantitative estimate of drug-likeness (QED) is 0.906. The van der Waals surface area contributed by atoms with Crippen molar-refractivity contribution in [1.82, 2.24) is 9.80 Å². The highest BCUT2D eigenvalue weighted by Gasteiger charge is 2.37. The first-order valence-corrected chi connectivity index (χ1v) is 7.17. The minimum atomic E-state index is -1.21. The van der Waals surface area contributed by atoms with E-state index >= 15 is 0 Å². The molecule has 114 valence electrons. The molecule has 0 fully saturated rings. The number of urea groups is 1. The summed E-state index contributed by atoms with van der Waals surface area (Å²) >= 11 is 0. The fraction of sp³-hybridized carbons (Fsp3) is 0.500. The Kier molecular flexibility index (Phi) is 4.21. The molecule has 5 heteroatoms. The minimum Gasteiger partial charge on any atom is -0.480 e. The van der Waals surface area contributed by atoms with E-state index in [1.54, 1.807) is 25.8 Å². The number of amides is 2. The number of aliphatic carboxylic acids is 1. The van der Waals surface area contributed by atoms with E-state index < -0.39 is 11.5 Å². The average molecular weight is 290 g/mol. The lowest BCUT2D eigenvalue weighted by Crippen LogP contribution is -2.55. The van der Waals surface area contributed by atoms with Crippen LogP contribution in [-0.4, -0.2) is 52.6 Å². The number of fused-ring (bicyclic) bond motifs is 1. The van der Waals surface area contributed by atoms with Crippen LogP contribution in [0.4, 0.5) is 4.79 Å². The molecule has 1 N–H and O–H groups in total. The maximum Gasteiger partial charge on any atom is 0.329 e. The first-order valence-electron chi connectivity index (χ1n) is 7.17. The summed E-state index contributed by atoms with van der Waals surface area (Å²) in [6.45, 7) is 4.32. The first kappa shape index (κ1) is 15.4. The molecule has 1 heterocycles. The van der Waals surface area contributed by atoms with Gasteiger partial charge in [-0.25, -0.2) is 9.59 Å². The summed E-state index contributed by atoms with van der Waals surface area (Å²) in [6, 6.07) is 7.98. The van der Waals surface area contributed by atoms with Crippen molar-refractivity contribution >= 4 is 12.0 Å². The van der Waals surface area contributed by atoms with Crippen molar-refractivity contribution in [1.29, 1.82) is 0 Å². The number of nitrogens with zero attached hydrogens (tertiary/aromatic N) is 2. The van der Waals surface area contributed by atoms with Gasteiger partial charge in [-0.1, -0.05) is 24.3 Å². The van der Waals surface area contributed by atoms with Gasteiger partial charge in [0.1, 0.15) is 5.54 Å². The summed E-state index contributed by atoms with van der Waals surface area (Å²) in [6.07, 6.45) is 1.62. The van der Waals surface area contributed by atoms with Crippen molar-refractivity contribution in [2.45, 2.75) is 32.2 Å². The standard InChI is InChI=1S/C16H22N2O3/c1-16(2,14(19)20)17(3)15(21)18-10-8-12-6-4-5-7-13(12)9-11-18/h4-7H,8-11H2,1-3H3,(H,19,20). The number of carboxylic acids is 1. The van der Waals surface area contributed by atoms with E-state index in [2.05, 4.69) is 12.1 Å². The Morgan fingerprint density at radius 3 is 2.05 bits per heavy atom. The summed E-state index contributed by atoms with van der Waals surface area (Å²) in [4.78, 5) is 26.9. The molecule has 0 aromatic heterocycles. The van der Waals surface area contributed by atoms with Gasteiger partial charge in [0.25, 0.3) is 0 Å². The van der Waals surface area contributed by atoms with Crippen molar-refractivity contribution in [2.75, 3.05) is 20.1 Å². The number of carbonyl (C=O) groups excluding carboxylic acids is 1. The van der Waals surface area contributed by atoms with Crippen LogP contribution in [-0.2, 0) is 17.6 Å². The number of hydrogen-bond donors (Lipinski definition) is 1. The third-order valence-corrected chi connectivity index (χ3v) is 4.34. The lowest BCUT2D eigenvalue weighted by molar-refractivity contribution is -0.147. The molecule has 1 aromatic carbocycles. The molecule has 0 saturated heterocycles. The van der Waals surface area contributed by atoms with E-state index in [9.17, 15) is 14.7 Å². The van der Waals surface area contributed by atoms with Crippen molar-refractivity contribution in [3.8, 4) is 0 Å². The number of benzene rings is 1. The monoisotopic (exact) mass is 290 g/mol. The summed E-state index contributed by atoms with van der Waals surface area (Å²) in [5, 5.41) is 9.24. The summed E-state index contributed by atoms with van der Waals surface area (Å²) in [7, 11) is 1.55. The second-order valence-corrected chi connectivity index (χ2v) is 5.96. The molecule has 2 rings (SSSR count). The summed E-state index contributed by atoms with van der Waals surface area (Å²) in [5.74, 6) is -1.00. The topological polar surface area (TPSA) is 60.9 Å². The molecule has 1 aliphatic rings.